The van der Waals surface area contributed by atoms with Gasteiger partial charge in [-0.25, -0.2) is 13.1 Å². The van der Waals surface area contributed by atoms with Crippen molar-refractivity contribution in [1.29, 1.82) is 0 Å². The maximum Gasteiger partial charge on any atom is 0.265 e. The molecule has 0 spiro atoms. The Labute approximate surface area is 172 Å². The van der Waals surface area contributed by atoms with E-state index in [-0.39, 0.29) is 16.6 Å². The normalized spacial score (nSPS) is 12.5. The van der Waals surface area contributed by atoms with Gasteiger partial charge in [-0.2, -0.15) is 0 Å². The van der Waals surface area contributed by atoms with Crippen LogP contribution in [-0.2, 0) is 14.8 Å². The molecule has 158 valence electrons. The van der Waals surface area contributed by atoms with Crippen LogP contribution in [0.3, 0.4) is 0 Å². The van der Waals surface area contributed by atoms with Gasteiger partial charge < -0.3 is 14.8 Å². The summed E-state index contributed by atoms with van der Waals surface area (Å²) in [5, 5.41) is 2.73. The molecule has 2 rings (SSSR count). The van der Waals surface area contributed by atoms with Crippen LogP contribution in [0.5, 0.6) is 11.5 Å². The molecule has 2 N–H and O–H groups in total. The molecule has 0 aliphatic rings. The molecule has 1 atom stereocenters. The molecule has 0 aromatic heterocycles. The maximum absolute atomic E-state index is 12.8. The monoisotopic (exact) mass is 420 g/mol. The number of carbonyl (C=O) groups excluding carboxylic acids is 1. The first-order valence-corrected chi connectivity index (χ1v) is 10.9. The SMILES string of the molecule is CCC(Oc1cccc(C)c1)C(=O)Nc1cc(S(=O)(=O)NC(C)C)ccc1OC. The molecular weight excluding hydrogens is 392 g/mol. The van der Waals surface area contributed by atoms with E-state index in [4.69, 9.17) is 9.47 Å². The van der Waals surface area contributed by atoms with E-state index < -0.39 is 22.0 Å². The fourth-order valence-electron chi connectivity index (χ4n) is 2.72. The van der Waals surface area contributed by atoms with Gasteiger partial charge in [0, 0.05) is 6.04 Å². The number of anilines is 1. The number of nitrogens with one attached hydrogen (secondary N) is 2. The Morgan fingerprint density at radius 1 is 1.14 bits per heavy atom. The molecule has 2 aromatic rings. The molecule has 2 aromatic carbocycles. The topological polar surface area (TPSA) is 93.7 Å². The van der Waals surface area contributed by atoms with Gasteiger partial charge in [0.2, 0.25) is 10.0 Å². The highest BCUT2D eigenvalue weighted by Crippen LogP contribution is 2.28. The average molecular weight is 421 g/mol. The van der Waals surface area contributed by atoms with E-state index in [0.717, 1.165) is 5.56 Å². The average Bonchev–Trinajstić information content (AvgIpc) is 2.65. The zero-order chi connectivity index (χ0) is 21.6. The Bertz CT molecular complexity index is 957. The highest BCUT2D eigenvalue weighted by Gasteiger charge is 2.22. The minimum Gasteiger partial charge on any atom is -0.495 e. The Balaban J connectivity index is 2.26. The molecule has 0 fully saturated rings. The number of hydrogen-bond acceptors (Lipinski definition) is 5. The van der Waals surface area contributed by atoms with Gasteiger partial charge in [-0.05, 0) is 63.1 Å². The second kappa shape index (κ2) is 9.76. The number of carbonyl (C=O) groups is 1. The van der Waals surface area contributed by atoms with Crippen molar-refractivity contribution in [3.05, 3.63) is 48.0 Å². The summed E-state index contributed by atoms with van der Waals surface area (Å²) in [5.41, 5.74) is 1.28. The van der Waals surface area contributed by atoms with Crippen LogP contribution >= 0.6 is 0 Å². The minimum atomic E-state index is -3.71. The summed E-state index contributed by atoms with van der Waals surface area (Å²) in [6.45, 7) is 7.25. The summed E-state index contributed by atoms with van der Waals surface area (Å²) in [4.78, 5) is 12.8. The predicted octanol–water partition coefficient (Wildman–Crippen LogP) is 3.49. The first kappa shape index (κ1) is 22.7. The number of amides is 1. The van der Waals surface area contributed by atoms with E-state index in [0.29, 0.717) is 17.9 Å². The van der Waals surface area contributed by atoms with Crippen molar-refractivity contribution in [2.24, 2.45) is 0 Å². The number of rotatable bonds is 9. The second-order valence-electron chi connectivity index (χ2n) is 6.96. The van der Waals surface area contributed by atoms with Gasteiger partial charge in [0.25, 0.3) is 5.91 Å². The summed E-state index contributed by atoms with van der Waals surface area (Å²) >= 11 is 0. The van der Waals surface area contributed by atoms with E-state index in [1.165, 1.54) is 25.3 Å². The molecule has 0 bridgehead atoms. The van der Waals surface area contributed by atoms with Crippen LogP contribution in [0, 0.1) is 6.92 Å². The van der Waals surface area contributed by atoms with Gasteiger partial charge in [-0.1, -0.05) is 19.1 Å². The molecular formula is C21H28N2O5S. The van der Waals surface area contributed by atoms with Crippen molar-refractivity contribution in [2.75, 3.05) is 12.4 Å². The maximum atomic E-state index is 12.8. The number of benzene rings is 2. The lowest BCUT2D eigenvalue weighted by atomic mass is 10.2. The van der Waals surface area contributed by atoms with E-state index in [9.17, 15) is 13.2 Å². The minimum absolute atomic E-state index is 0.0370. The third kappa shape index (κ3) is 6.20. The molecule has 8 heteroatoms. The van der Waals surface area contributed by atoms with Crippen LogP contribution in [0.2, 0.25) is 0 Å². The van der Waals surface area contributed by atoms with Crippen molar-refractivity contribution in [3.8, 4) is 11.5 Å². The van der Waals surface area contributed by atoms with Crippen molar-refractivity contribution in [3.63, 3.8) is 0 Å². The van der Waals surface area contributed by atoms with E-state index in [1.54, 1.807) is 19.9 Å². The third-order valence-corrected chi connectivity index (χ3v) is 5.72. The quantitative estimate of drug-likeness (QED) is 0.648. The fraction of sp³-hybridized carbons (Fsp3) is 0.381. The first-order valence-electron chi connectivity index (χ1n) is 9.40. The van der Waals surface area contributed by atoms with Crippen molar-refractivity contribution in [1.82, 2.24) is 4.72 Å². The highest BCUT2D eigenvalue weighted by atomic mass is 32.2. The van der Waals surface area contributed by atoms with Crippen LogP contribution in [0.4, 0.5) is 5.69 Å². The van der Waals surface area contributed by atoms with Crippen LogP contribution in [0.1, 0.15) is 32.8 Å². The Morgan fingerprint density at radius 2 is 1.86 bits per heavy atom. The number of hydrogen-bond donors (Lipinski definition) is 2. The summed E-state index contributed by atoms with van der Waals surface area (Å²) in [7, 11) is -2.26. The molecule has 0 saturated carbocycles. The zero-order valence-electron chi connectivity index (χ0n) is 17.4. The van der Waals surface area contributed by atoms with Gasteiger partial charge in [-0.3, -0.25) is 4.79 Å². The third-order valence-electron chi connectivity index (χ3n) is 4.06. The molecule has 29 heavy (non-hydrogen) atoms. The lowest BCUT2D eigenvalue weighted by Crippen LogP contribution is -2.33. The van der Waals surface area contributed by atoms with Gasteiger partial charge in [0.15, 0.2) is 6.10 Å². The smallest absolute Gasteiger partial charge is 0.265 e. The second-order valence-corrected chi connectivity index (χ2v) is 8.67. The predicted molar refractivity (Wildman–Crippen MR) is 113 cm³/mol. The number of ether oxygens (including phenoxy) is 2. The highest BCUT2D eigenvalue weighted by molar-refractivity contribution is 7.89. The van der Waals surface area contributed by atoms with Gasteiger partial charge in [0.05, 0.1) is 17.7 Å². The fourth-order valence-corrected chi connectivity index (χ4v) is 4.00. The standard InChI is InChI=1S/C21H28N2O5S/c1-6-19(28-16-9-7-8-15(4)12-16)21(24)22-18-13-17(10-11-20(18)27-5)29(25,26)23-14(2)3/h7-14,19,23H,6H2,1-5H3,(H,22,24). The first-order chi connectivity index (χ1) is 13.7. The molecule has 1 amide bonds. The zero-order valence-corrected chi connectivity index (χ0v) is 18.2. The Hall–Kier alpha value is -2.58. The lowest BCUT2D eigenvalue weighted by molar-refractivity contribution is -0.122. The van der Waals surface area contributed by atoms with Gasteiger partial charge >= 0.3 is 0 Å². The van der Waals surface area contributed by atoms with E-state index in [1.807, 2.05) is 32.0 Å². The summed E-state index contributed by atoms with van der Waals surface area (Å²) in [6.07, 6.45) is -0.301. The van der Waals surface area contributed by atoms with E-state index >= 15 is 0 Å². The van der Waals surface area contributed by atoms with Crippen LogP contribution < -0.4 is 19.5 Å². The molecule has 0 saturated heterocycles. The molecule has 7 nitrogen and oxygen atoms in total. The molecule has 1 unspecified atom stereocenters. The summed E-state index contributed by atoms with van der Waals surface area (Å²) in [6, 6.07) is 11.5. The van der Waals surface area contributed by atoms with Crippen molar-refractivity contribution in [2.45, 2.75) is 51.2 Å². The van der Waals surface area contributed by atoms with Gasteiger partial charge in [0.1, 0.15) is 11.5 Å². The van der Waals surface area contributed by atoms with Crippen LogP contribution in [0.15, 0.2) is 47.4 Å². The van der Waals surface area contributed by atoms with Crippen LogP contribution in [0.25, 0.3) is 0 Å². The van der Waals surface area contributed by atoms with Gasteiger partial charge in [-0.15, -0.1) is 0 Å². The van der Waals surface area contributed by atoms with Crippen molar-refractivity contribution >= 4 is 21.6 Å². The van der Waals surface area contributed by atoms with E-state index in [2.05, 4.69) is 10.0 Å². The summed E-state index contributed by atoms with van der Waals surface area (Å²) < 4.78 is 38.5. The lowest BCUT2D eigenvalue weighted by Gasteiger charge is -2.19. The summed E-state index contributed by atoms with van der Waals surface area (Å²) in [5.74, 6) is 0.558. The van der Waals surface area contributed by atoms with Crippen LogP contribution in [-0.4, -0.2) is 33.6 Å². The number of methoxy groups -OCH3 is 1. The largest absolute Gasteiger partial charge is 0.495 e. The molecule has 0 radical (unpaired) electrons. The molecule has 0 aliphatic heterocycles. The molecule has 0 heterocycles. The Morgan fingerprint density at radius 3 is 2.45 bits per heavy atom. The Kier molecular flexibility index (Phi) is 7.64. The number of aryl methyl sites for hydroxylation is 1. The number of sulfonamides is 1. The van der Waals surface area contributed by atoms with Crippen molar-refractivity contribution < 1.29 is 22.7 Å². The molecule has 0 aliphatic carbocycles.